The molecule has 0 rings (SSSR count). The first-order valence-corrected chi connectivity index (χ1v) is 10.3. The second kappa shape index (κ2) is 9.47. The van der Waals surface area contributed by atoms with E-state index in [-0.39, 0.29) is 0 Å². The van der Waals surface area contributed by atoms with Gasteiger partial charge in [-0.15, -0.1) is 0 Å². The second-order valence-electron chi connectivity index (χ2n) is 4.73. The van der Waals surface area contributed by atoms with E-state index in [1.54, 1.807) is 0 Å². The van der Waals surface area contributed by atoms with Crippen molar-refractivity contribution in [2.75, 3.05) is 23.0 Å². The first-order valence-electron chi connectivity index (χ1n) is 6.66. The van der Waals surface area contributed by atoms with Crippen LogP contribution < -0.4 is 0 Å². The van der Waals surface area contributed by atoms with Crippen molar-refractivity contribution in [3.05, 3.63) is 0 Å². The number of hydrogen-bond donors (Lipinski definition) is 0. The lowest BCUT2D eigenvalue weighted by atomic mass is 10.5. The van der Waals surface area contributed by atoms with E-state index in [2.05, 4.69) is 9.47 Å². The predicted octanol–water partition coefficient (Wildman–Crippen LogP) is -1.22. The van der Waals surface area contributed by atoms with Crippen LogP contribution in [0.5, 0.6) is 0 Å². The fraction of sp³-hybridized carbons (Fsp3) is 0.667. The van der Waals surface area contributed by atoms with Crippen LogP contribution >= 0.6 is 0 Å². The Labute approximate surface area is 139 Å². The summed E-state index contributed by atoms with van der Waals surface area (Å²) in [7, 11) is -7.73. The molecule has 0 aliphatic carbocycles. The molecule has 0 bridgehead atoms. The number of carbonyl (C=O) groups is 4. The molecule has 0 aromatic heterocycles. The van der Waals surface area contributed by atoms with Crippen molar-refractivity contribution in [1.82, 2.24) is 0 Å². The number of hydrogen-bond acceptors (Lipinski definition) is 10. The van der Waals surface area contributed by atoms with Crippen LogP contribution in [0.25, 0.3) is 0 Å². The van der Waals surface area contributed by atoms with E-state index in [0.717, 1.165) is 13.8 Å². The Hall–Kier alpha value is -1.82. The first kappa shape index (κ1) is 22.2. The number of ether oxygens (including phenoxy) is 2. The molecule has 0 radical (unpaired) electrons. The van der Waals surface area contributed by atoms with Crippen molar-refractivity contribution in [3.63, 3.8) is 0 Å². The van der Waals surface area contributed by atoms with Crippen LogP contribution in [0.3, 0.4) is 0 Å². The topological polar surface area (TPSA) is 155 Å². The van der Waals surface area contributed by atoms with E-state index in [1.165, 1.54) is 0 Å². The van der Waals surface area contributed by atoms with Crippen LogP contribution in [0.15, 0.2) is 0 Å². The summed E-state index contributed by atoms with van der Waals surface area (Å²) in [5.41, 5.74) is 0. The SMILES string of the molecule is CC(=O)OC(=O)CCS(=O)(=O)CCS(=O)(=O)CCC(=O)OC(C)=O. The summed E-state index contributed by atoms with van der Waals surface area (Å²) in [5.74, 6) is -6.63. The van der Waals surface area contributed by atoms with Crippen molar-refractivity contribution in [3.8, 4) is 0 Å². The van der Waals surface area contributed by atoms with Crippen LogP contribution in [-0.2, 0) is 48.3 Å². The molecule has 0 saturated heterocycles. The monoisotopic (exact) mass is 386 g/mol. The lowest BCUT2D eigenvalue weighted by Crippen LogP contribution is -2.24. The van der Waals surface area contributed by atoms with E-state index in [9.17, 15) is 36.0 Å². The highest BCUT2D eigenvalue weighted by atomic mass is 32.2. The average Bonchev–Trinajstić information content (AvgIpc) is 2.40. The highest BCUT2D eigenvalue weighted by Gasteiger charge is 2.21. The van der Waals surface area contributed by atoms with Gasteiger partial charge in [0.05, 0.1) is 35.9 Å². The lowest BCUT2D eigenvalue weighted by molar-refractivity contribution is -0.159. The third-order valence-electron chi connectivity index (χ3n) is 2.45. The quantitative estimate of drug-likeness (QED) is 0.347. The molecule has 138 valence electrons. The molecule has 0 aromatic rings. The van der Waals surface area contributed by atoms with Gasteiger partial charge >= 0.3 is 23.9 Å². The van der Waals surface area contributed by atoms with Gasteiger partial charge in [-0.05, 0) is 0 Å². The molecule has 0 saturated carbocycles. The molecule has 0 aromatic carbocycles. The van der Waals surface area contributed by atoms with E-state index < -0.39 is 79.4 Å². The van der Waals surface area contributed by atoms with E-state index in [1.807, 2.05) is 0 Å². The first-order chi connectivity index (χ1) is 10.8. The van der Waals surface area contributed by atoms with Gasteiger partial charge in [0, 0.05) is 13.8 Å². The summed E-state index contributed by atoms with van der Waals surface area (Å²) in [5, 5.41) is 0. The molecule has 0 aliphatic heterocycles. The maximum absolute atomic E-state index is 11.7. The number of esters is 4. The Morgan fingerprint density at radius 1 is 0.625 bits per heavy atom. The fourth-order valence-electron chi connectivity index (χ4n) is 1.36. The minimum absolute atomic E-state index is 0.576. The number of carbonyl (C=O) groups excluding carboxylic acids is 4. The van der Waals surface area contributed by atoms with E-state index >= 15 is 0 Å². The lowest BCUT2D eigenvalue weighted by Gasteiger charge is -2.05. The third kappa shape index (κ3) is 11.7. The Bertz CT molecular complexity index is 640. The highest BCUT2D eigenvalue weighted by Crippen LogP contribution is 2.02. The van der Waals surface area contributed by atoms with Crippen molar-refractivity contribution >= 4 is 43.6 Å². The molecule has 0 atom stereocenters. The zero-order valence-electron chi connectivity index (χ0n) is 13.1. The number of sulfone groups is 2. The Balaban J connectivity index is 4.37. The summed E-state index contributed by atoms with van der Waals surface area (Å²) >= 11 is 0. The summed E-state index contributed by atoms with van der Waals surface area (Å²) in [6, 6.07) is 0. The Morgan fingerprint density at radius 3 is 1.17 bits per heavy atom. The number of rotatable bonds is 9. The molecule has 0 unspecified atom stereocenters. The third-order valence-corrected chi connectivity index (χ3v) is 6.02. The molecule has 10 nitrogen and oxygen atoms in total. The zero-order chi connectivity index (χ0) is 19.0. The van der Waals surface area contributed by atoms with Crippen LogP contribution in [0.4, 0.5) is 0 Å². The summed E-state index contributed by atoms with van der Waals surface area (Å²) < 4.78 is 54.9. The molecule has 0 spiro atoms. The van der Waals surface area contributed by atoms with Gasteiger partial charge in [0.1, 0.15) is 0 Å². The predicted molar refractivity (Wildman–Crippen MR) is 80.1 cm³/mol. The van der Waals surface area contributed by atoms with Crippen LogP contribution in [-0.4, -0.2) is 63.7 Å². The molecule has 12 heteroatoms. The van der Waals surface area contributed by atoms with Gasteiger partial charge < -0.3 is 9.47 Å². The van der Waals surface area contributed by atoms with Crippen molar-refractivity contribution < 1.29 is 45.5 Å². The van der Waals surface area contributed by atoms with Gasteiger partial charge in [0.2, 0.25) is 0 Å². The van der Waals surface area contributed by atoms with Crippen molar-refractivity contribution in [1.29, 1.82) is 0 Å². The molecule has 0 N–H and O–H groups in total. The Kier molecular flexibility index (Phi) is 8.75. The van der Waals surface area contributed by atoms with Gasteiger partial charge in [-0.1, -0.05) is 0 Å². The van der Waals surface area contributed by atoms with Crippen LogP contribution in [0, 0.1) is 0 Å². The standard InChI is InChI=1S/C12H18O10S2/c1-9(13)21-11(15)3-5-23(17,18)7-8-24(19,20)6-4-12(16)22-10(2)14/h3-8H2,1-2H3. The fourth-order valence-corrected chi connectivity index (χ4v) is 4.75. The minimum atomic E-state index is -3.86. The van der Waals surface area contributed by atoms with Gasteiger partial charge in [-0.25, -0.2) is 16.8 Å². The average molecular weight is 386 g/mol. The maximum Gasteiger partial charge on any atom is 0.314 e. The molecule has 0 fully saturated rings. The molecule has 0 amide bonds. The Morgan fingerprint density at radius 2 is 0.917 bits per heavy atom. The zero-order valence-corrected chi connectivity index (χ0v) is 14.8. The molecule has 0 heterocycles. The van der Waals surface area contributed by atoms with Gasteiger partial charge in [-0.2, -0.15) is 0 Å². The maximum atomic E-state index is 11.7. The summed E-state index contributed by atoms with van der Waals surface area (Å²) in [6.45, 7) is 1.96. The van der Waals surface area contributed by atoms with Crippen molar-refractivity contribution in [2.45, 2.75) is 26.7 Å². The summed E-state index contributed by atoms with van der Waals surface area (Å²) in [6.07, 6.45) is -1.15. The minimum Gasteiger partial charge on any atom is -0.393 e. The van der Waals surface area contributed by atoms with E-state index in [0.29, 0.717) is 0 Å². The van der Waals surface area contributed by atoms with Crippen LogP contribution in [0.2, 0.25) is 0 Å². The largest absolute Gasteiger partial charge is 0.393 e. The van der Waals surface area contributed by atoms with Gasteiger partial charge in [0.25, 0.3) is 0 Å². The van der Waals surface area contributed by atoms with Gasteiger partial charge in [-0.3, -0.25) is 19.2 Å². The molecule has 0 aliphatic rings. The van der Waals surface area contributed by atoms with Gasteiger partial charge in [0.15, 0.2) is 19.7 Å². The van der Waals surface area contributed by atoms with E-state index in [4.69, 9.17) is 0 Å². The smallest absolute Gasteiger partial charge is 0.314 e. The normalized spacial score (nSPS) is 11.6. The van der Waals surface area contributed by atoms with Crippen LogP contribution in [0.1, 0.15) is 26.7 Å². The molecular formula is C12H18O10S2. The molecular weight excluding hydrogens is 368 g/mol. The highest BCUT2D eigenvalue weighted by molar-refractivity contribution is 7.95. The molecule has 24 heavy (non-hydrogen) atoms. The van der Waals surface area contributed by atoms with Crippen molar-refractivity contribution in [2.24, 2.45) is 0 Å². The summed E-state index contributed by atoms with van der Waals surface area (Å²) in [4.78, 5) is 43.1. The second-order valence-corrected chi connectivity index (χ2v) is 9.34.